The summed E-state index contributed by atoms with van der Waals surface area (Å²) in [4.78, 5) is 7.47. The SMILES string of the molecule is CCNC(=NCc1cccc(CN2CCCCCC2)c1)NC1CC2CCC1O2. The minimum atomic E-state index is 0.366. The van der Waals surface area contributed by atoms with E-state index in [0.29, 0.717) is 24.8 Å². The summed E-state index contributed by atoms with van der Waals surface area (Å²) in [5.41, 5.74) is 2.70. The van der Waals surface area contributed by atoms with Gasteiger partial charge in [-0.2, -0.15) is 0 Å². The van der Waals surface area contributed by atoms with E-state index in [4.69, 9.17) is 9.73 Å². The summed E-state index contributed by atoms with van der Waals surface area (Å²) in [6.07, 6.45) is 9.80. The summed E-state index contributed by atoms with van der Waals surface area (Å²) in [5, 5.41) is 7.01. The van der Waals surface area contributed by atoms with Gasteiger partial charge in [0, 0.05) is 13.1 Å². The Morgan fingerprint density at radius 1 is 1.14 bits per heavy atom. The third-order valence-corrected chi connectivity index (χ3v) is 6.29. The number of nitrogens with one attached hydrogen (secondary N) is 2. The second kappa shape index (κ2) is 9.75. The van der Waals surface area contributed by atoms with Gasteiger partial charge in [0.15, 0.2) is 5.96 Å². The van der Waals surface area contributed by atoms with Gasteiger partial charge in [0.25, 0.3) is 0 Å². The number of ether oxygens (including phenoxy) is 1. The maximum atomic E-state index is 5.97. The molecule has 0 radical (unpaired) electrons. The molecular formula is C23H36N4O. The van der Waals surface area contributed by atoms with Crippen LogP contribution in [0.4, 0.5) is 0 Å². The van der Waals surface area contributed by atoms with E-state index >= 15 is 0 Å². The first-order valence-electron chi connectivity index (χ1n) is 11.3. The Hall–Kier alpha value is -1.59. The van der Waals surface area contributed by atoms with Crippen molar-refractivity contribution in [3.63, 3.8) is 0 Å². The molecule has 3 aliphatic rings. The number of fused-ring (bicyclic) bond motifs is 2. The topological polar surface area (TPSA) is 48.9 Å². The molecule has 0 aromatic heterocycles. The number of hydrogen-bond acceptors (Lipinski definition) is 3. The molecule has 154 valence electrons. The van der Waals surface area contributed by atoms with E-state index in [0.717, 1.165) is 25.5 Å². The minimum Gasteiger partial charge on any atom is -0.373 e. The third kappa shape index (κ3) is 5.26. The summed E-state index contributed by atoms with van der Waals surface area (Å²) in [6, 6.07) is 9.38. The van der Waals surface area contributed by atoms with Crippen LogP contribution in [0.5, 0.6) is 0 Å². The first-order valence-corrected chi connectivity index (χ1v) is 11.3. The highest BCUT2D eigenvalue weighted by atomic mass is 16.5. The summed E-state index contributed by atoms with van der Waals surface area (Å²) in [6.45, 7) is 7.26. The van der Waals surface area contributed by atoms with Gasteiger partial charge in [-0.25, -0.2) is 4.99 Å². The fourth-order valence-electron chi connectivity index (χ4n) is 4.83. The average molecular weight is 385 g/mol. The van der Waals surface area contributed by atoms with Gasteiger partial charge < -0.3 is 15.4 Å². The molecule has 0 amide bonds. The quantitative estimate of drug-likeness (QED) is 0.583. The largest absolute Gasteiger partial charge is 0.373 e. The molecule has 28 heavy (non-hydrogen) atoms. The molecule has 5 nitrogen and oxygen atoms in total. The predicted molar refractivity (Wildman–Crippen MR) is 114 cm³/mol. The van der Waals surface area contributed by atoms with Crippen molar-refractivity contribution < 1.29 is 4.74 Å². The van der Waals surface area contributed by atoms with E-state index < -0.39 is 0 Å². The average Bonchev–Trinajstić information content (AvgIpc) is 3.23. The molecule has 3 aliphatic heterocycles. The molecule has 3 heterocycles. The van der Waals surface area contributed by atoms with Crippen LogP contribution in [0.2, 0.25) is 0 Å². The van der Waals surface area contributed by atoms with Gasteiger partial charge in [0.2, 0.25) is 0 Å². The smallest absolute Gasteiger partial charge is 0.191 e. The number of likely N-dealkylation sites (tertiary alicyclic amines) is 1. The lowest BCUT2D eigenvalue weighted by Gasteiger charge is -2.22. The fraction of sp³-hybridized carbons (Fsp3) is 0.696. The molecular weight excluding hydrogens is 348 g/mol. The first-order chi connectivity index (χ1) is 13.8. The lowest BCUT2D eigenvalue weighted by Crippen LogP contribution is -2.47. The van der Waals surface area contributed by atoms with Crippen molar-refractivity contribution >= 4 is 5.96 Å². The molecule has 0 aliphatic carbocycles. The molecule has 4 rings (SSSR count). The van der Waals surface area contributed by atoms with Crippen LogP contribution in [0.1, 0.15) is 63.0 Å². The maximum Gasteiger partial charge on any atom is 0.191 e. The number of hydrogen-bond donors (Lipinski definition) is 2. The van der Waals surface area contributed by atoms with Crippen LogP contribution in [0, 0.1) is 0 Å². The number of benzene rings is 1. The van der Waals surface area contributed by atoms with Crippen molar-refractivity contribution in [1.29, 1.82) is 0 Å². The van der Waals surface area contributed by atoms with Crippen molar-refractivity contribution in [3.8, 4) is 0 Å². The first kappa shape index (κ1) is 19.7. The second-order valence-electron chi connectivity index (χ2n) is 8.57. The lowest BCUT2D eigenvalue weighted by atomic mass is 9.96. The Kier molecular flexibility index (Phi) is 6.86. The fourth-order valence-corrected chi connectivity index (χ4v) is 4.83. The van der Waals surface area contributed by atoms with Crippen LogP contribution in [0.25, 0.3) is 0 Å². The maximum absolute atomic E-state index is 5.97. The number of guanidine groups is 1. The van der Waals surface area contributed by atoms with E-state index in [9.17, 15) is 0 Å². The molecule has 0 saturated carbocycles. The van der Waals surface area contributed by atoms with Crippen molar-refractivity contribution in [2.24, 2.45) is 4.99 Å². The highest BCUT2D eigenvalue weighted by Gasteiger charge is 2.41. The van der Waals surface area contributed by atoms with Gasteiger partial charge in [-0.1, -0.05) is 37.1 Å². The van der Waals surface area contributed by atoms with Crippen molar-refractivity contribution in [2.75, 3.05) is 19.6 Å². The van der Waals surface area contributed by atoms with E-state index in [-0.39, 0.29) is 0 Å². The Morgan fingerprint density at radius 3 is 2.68 bits per heavy atom. The van der Waals surface area contributed by atoms with Crippen LogP contribution in [0.15, 0.2) is 29.3 Å². The number of rotatable bonds is 6. The normalized spacial score (nSPS) is 28.3. The van der Waals surface area contributed by atoms with Crippen LogP contribution in [-0.4, -0.2) is 48.7 Å². The molecule has 1 aromatic rings. The summed E-state index contributed by atoms with van der Waals surface area (Å²) in [7, 11) is 0. The van der Waals surface area contributed by atoms with Crippen molar-refractivity contribution in [1.82, 2.24) is 15.5 Å². The van der Waals surface area contributed by atoms with Crippen molar-refractivity contribution in [3.05, 3.63) is 35.4 Å². The number of nitrogens with zero attached hydrogens (tertiary/aromatic N) is 2. The molecule has 2 bridgehead atoms. The zero-order valence-corrected chi connectivity index (χ0v) is 17.3. The van der Waals surface area contributed by atoms with Gasteiger partial charge in [-0.05, 0) is 63.2 Å². The molecule has 2 N–H and O–H groups in total. The monoisotopic (exact) mass is 384 g/mol. The van der Waals surface area contributed by atoms with Crippen molar-refractivity contribution in [2.45, 2.75) is 83.2 Å². The third-order valence-electron chi connectivity index (χ3n) is 6.29. The molecule has 3 saturated heterocycles. The van der Waals surface area contributed by atoms with Crippen LogP contribution in [-0.2, 0) is 17.8 Å². The Morgan fingerprint density at radius 2 is 1.96 bits per heavy atom. The zero-order valence-electron chi connectivity index (χ0n) is 17.3. The Balaban J connectivity index is 1.34. The molecule has 5 heteroatoms. The van der Waals surface area contributed by atoms with Gasteiger partial charge >= 0.3 is 0 Å². The highest BCUT2D eigenvalue weighted by Crippen LogP contribution is 2.34. The molecule has 1 aromatic carbocycles. The minimum absolute atomic E-state index is 0.366. The van der Waals surface area contributed by atoms with E-state index in [1.165, 1.54) is 62.7 Å². The van der Waals surface area contributed by atoms with Crippen LogP contribution in [0.3, 0.4) is 0 Å². The zero-order chi connectivity index (χ0) is 19.2. The van der Waals surface area contributed by atoms with Crippen LogP contribution >= 0.6 is 0 Å². The summed E-state index contributed by atoms with van der Waals surface area (Å²) in [5.74, 6) is 0.918. The van der Waals surface area contributed by atoms with Gasteiger partial charge in [-0.15, -0.1) is 0 Å². The van der Waals surface area contributed by atoms with Crippen LogP contribution < -0.4 is 10.6 Å². The molecule has 3 atom stereocenters. The highest BCUT2D eigenvalue weighted by molar-refractivity contribution is 5.80. The number of aliphatic imine (C=N–C) groups is 1. The standard InChI is InChI=1S/C23H36N4O/c1-2-24-23(26-21-15-20-10-11-22(21)28-20)25-16-18-8-7-9-19(14-18)17-27-12-5-3-4-6-13-27/h7-9,14,20-22H,2-6,10-13,15-17H2,1H3,(H2,24,25,26). The second-order valence-corrected chi connectivity index (χ2v) is 8.57. The van der Waals surface area contributed by atoms with Gasteiger partial charge in [0.1, 0.15) is 0 Å². The van der Waals surface area contributed by atoms with Gasteiger partial charge in [0.05, 0.1) is 24.8 Å². The molecule has 3 fully saturated rings. The predicted octanol–water partition coefficient (Wildman–Crippen LogP) is 3.44. The van der Waals surface area contributed by atoms with Gasteiger partial charge in [-0.3, -0.25) is 4.90 Å². The van der Waals surface area contributed by atoms with E-state index in [2.05, 4.69) is 46.7 Å². The van der Waals surface area contributed by atoms with E-state index in [1.54, 1.807) is 0 Å². The Bertz CT molecular complexity index is 654. The molecule has 3 unspecified atom stereocenters. The summed E-state index contributed by atoms with van der Waals surface area (Å²) >= 11 is 0. The Labute approximate surface area is 169 Å². The molecule has 0 spiro atoms. The van der Waals surface area contributed by atoms with E-state index in [1.807, 2.05) is 0 Å². The lowest BCUT2D eigenvalue weighted by molar-refractivity contribution is 0.0992. The summed E-state index contributed by atoms with van der Waals surface area (Å²) < 4.78 is 5.97.